The molecule has 0 saturated heterocycles. The standard InChI is InChI=1S/C34H65N2O6P/c1-6-8-10-12-14-16-18-20-22-24-26-28-34(38)35-32(31-42-43(39,40)41-30-29-36(3,4)5)33(37)27-25-23-21-19-17-15-13-11-9-7-2/h9,11,17,19,25,27,32-33,37H,6-8,10,12-16,18,20-24,26,28-31H2,1-5H3,(H-,35,38,39,40)/b11-9+,19-17+,27-25+. The van der Waals surface area contributed by atoms with E-state index in [1.54, 1.807) is 6.08 Å². The Balaban J connectivity index is 4.68. The molecule has 0 aliphatic rings. The van der Waals surface area contributed by atoms with Crippen LogP contribution in [0.5, 0.6) is 0 Å². The highest BCUT2D eigenvalue weighted by Crippen LogP contribution is 2.38. The molecule has 252 valence electrons. The molecule has 2 N–H and O–H groups in total. The number of hydrogen-bond donors (Lipinski definition) is 2. The summed E-state index contributed by atoms with van der Waals surface area (Å²) in [6.45, 7) is 4.44. The van der Waals surface area contributed by atoms with Crippen LogP contribution in [0, 0.1) is 0 Å². The molecule has 8 nitrogen and oxygen atoms in total. The molecule has 43 heavy (non-hydrogen) atoms. The van der Waals surface area contributed by atoms with Crippen LogP contribution >= 0.6 is 7.82 Å². The molecule has 3 unspecified atom stereocenters. The van der Waals surface area contributed by atoms with Crippen molar-refractivity contribution < 1.29 is 32.9 Å². The van der Waals surface area contributed by atoms with E-state index in [4.69, 9.17) is 9.05 Å². The maximum absolute atomic E-state index is 12.7. The monoisotopic (exact) mass is 628 g/mol. The number of unbranched alkanes of at least 4 members (excludes halogenated alkanes) is 12. The molecule has 0 bridgehead atoms. The van der Waals surface area contributed by atoms with Crippen LogP contribution in [0.2, 0.25) is 0 Å². The van der Waals surface area contributed by atoms with Crippen molar-refractivity contribution in [3.8, 4) is 0 Å². The Labute approximate surface area is 264 Å². The molecule has 0 aliphatic carbocycles. The molecule has 0 heterocycles. The number of rotatable bonds is 29. The number of aliphatic hydroxyl groups excluding tert-OH is 1. The van der Waals surface area contributed by atoms with Gasteiger partial charge in [-0.05, 0) is 38.5 Å². The van der Waals surface area contributed by atoms with Crippen molar-refractivity contribution in [2.45, 2.75) is 135 Å². The number of nitrogens with zero attached hydrogens (tertiary/aromatic N) is 1. The minimum absolute atomic E-state index is 0.00890. The first-order chi connectivity index (χ1) is 20.5. The first kappa shape index (κ1) is 41.7. The van der Waals surface area contributed by atoms with Gasteiger partial charge in [-0.2, -0.15) is 0 Å². The molecule has 0 aliphatic heterocycles. The van der Waals surface area contributed by atoms with E-state index in [-0.39, 0.29) is 12.5 Å². The highest BCUT2D eigenvalue weighted by molar-refractivity contribution is 7.45. The first-order valence-electron chi connectivity index (χ1n) is 16.9. The predicted octanol–water partition coefficient (Wildman–Crippen LogP) is 7.38. The van der Waals surface area contributed by atoms with Crippen LogP contribution in [0.4, 0.5) is 0 Å². The molecule has 0 fully saturated rings. The van der Waals surface area contributed by atoms with Gasteiger partial charge in [-0.3, -0.25) is 9.36 Å². The Morgan fingerprint density at radius 3 is 1.86 bits per heavy atom. The van der Waals surface area contributed by atoms with Gasteiger partial charge < -0.3 is 28.8 Å². The van der Waals surface area contributed by atoms with Gasteiger partial charge in [0.1, 0.15) is 13.2 Å². The molecule has 9 heteroatoms. The number of nitrogens with one attached hydrogen (secondary N) is 1. The van der Waals surface area contributed by atoms with E-state index in [0.29, 0.717) is 17.4 Å². The Bertz CT molecular complexity index is 809. The van der Waals surface area contributed by atoms with Crippen LogP contribution in [-0.4, -0.2) is 68.5 Å². The van der Waals surface area contributed by atoms with Gasteiger partial charge in [0, 0.05) is 6.42 Å². The maximum Gasteiger partial charge on any atom is 0.268 e. The SMILES string of the molecule is CC/C=C/CC/C=C/CC/C=C/C(O)C(COP(=O)([O-])OCC[N+](C)(C)C)NC(=O)CCCCCCCCCCCCC. The van der Waals surface area contributed by atoms with Gasteiger partial charge in [-0.25, -0.2) is 0 Å². The Hall–Kier alpha value is -1.28. The van der Waals surface area contributed by atoms with Gasteiger partial charge in [0.15, 0.2) is 0 Å². The predicted molar refractivity (Wildman–Crippen MR) is 178 cm³/mol. The number of quaternary nitrogens is 1. The van der Waals surface area contributed by atoms with Gasteiger partial charge in [0.25, 0.3) is 7.82 Å². The van der Waals surface area contributed by atoms with Crippen LogP contribution in [-0.2, 0) is 18.4 Å². The third kappa shape index (κ3) is 29.2. The van der Waals surface area contributed by atoms with E-state index in [0.717, 1.165) is 51.4 Å². The fourth-order valence-corrected chi connectivity index (χ4v) is 5.09. The van der Waals surface area contributed by atoms with Crippen molar-refractivity contribution in [3.63, 3.8) is 0 Å². The fourth-order valence-electron chi connectivity index (χ4n) is 4.36. The average Bonchev–Trinajstić information content (AvgIpc) is 2.94. The van der Waals surface area contributed by atoms with E-state index >= 15 is 0 Å². The lowest BCUT2D eigenvalue weighted by molar-refractivity contribution is -0.870. The average molecular weight is 629 g/mol. The summed E-state index contributed by atoms with van der Waals surface area (Å²) in [4.78, 5) is 25.0. The second kappa shape index (κ2) is 27.1. The number of aliphatic hydroxyl groups is 1. The Kier molecular flexibility index (Phi) is 26.3. The summed E-state index contributed by atoms with van der Waals surface area (Å²) >= 11 is 0. The summed E-state index contributed by atoms with van der Waals surface area (Å²) in [5.74, 6) is -0.219. The number of likely N-dealkylation sites (N-methyl/N-ethyl adjacent to an activating group) is 1. The minimum Gasteiger partial charge on any atom is -0.756 e. The zero-order valence-corrected chi connectivity index (χ0v) is 29.0. The molecular formula is C34H65N2O6P. The molecule has 0 radical (unpaired) electrons. The Morgan fingerprint density at radius 2 is 1.33 bits per heavy atom. The van der Waals surface area contributed by atoms with Gasteiger partial charge in [0.2, 0.25) is 5.91 Å². The van der Waals surface area contributed by atoms with Crippen LogP contribution in [0.1, 0.15) is 123 Å². The lowest BCUT2D eigenvalue weighted by atomic mass is 10.0. The van der Waals surface area contributed by atoms with E-state index in [1.807, 2.05) is 27.2 Å². The van der Waals surface area contributed by atoms with Gasteiger partial charge in [-0.15, -0.1) is 0 Å². The van der Waals surface area contributed by atoms with E-state index in [1.165, 1.54) is 51.4 Å². The molecule has 1 amide bonds. The van der Waals surface area contributed by atoms with Crippen molar-refractivity contribution in [1.29, 1.82) is 0 Å². The van der Waals surface area contributed by atoms with Crippen LogP contribution in [0.15, 0.2) is 36.5 Å². The quantitative estimate of drug-likeness (QED) is 0.0387. The lowest BCUT2D eigenvalue weighted by Gasteiger charge is -2.29. The van der Waals surface area contributed by atoms with Gasteiger partial charge in [-0.1, -0.05) is 115 Å². The van der Waals surface area contributed by atoms with Crippen LogP contribution < -0.4 is 10.2 Å². The smallest absolute Gasteiger partial charge is 0.268 e. The largest absolute Gasteiger partial charge is 0.756 e. The number of carbonyl (C=O) groups excluding carboxylic acids is 1. The molecule has 0 aromatic carbocycles. The normalized spacial score (nSPS) is 15.4. The van der Waals surface area contributed by atoms with E-state index in [2.05, 4.69) is 43.5 Å². The number of allylic oxidation sites excluding steroid dienone is 5. The number of amides is 1. The van der Waals surface area contributed by atoms with Gasteiger partial charge >= 0.3 is 0 Å². The second-order valence-electron chi connectivity index (χ2n) is 12.5. The fraction of sp³-hybridized carbons (Fsp3) is 0.794. The lowest BCUT2D eigenvalue weighted by Crippen LogP contribution is -2.45. The first-order valence-corrected chi connectivity index (χ1v) is 18.3. The molecule has 0 spiro atoms. The zero-order valence-electron chi connectivity index (χ0n) is 28.1. The second-order valence-corrected chi connectivity index (χ2v) is 13.9. The van der Waals surface area contributed by atoms with E-state index in [9.17, 15) is 19.4 Å². The highest BCUT2D eigenvalue weighted by atomic mass is 31.2. The van der Waals surface area contributed by atoms with E-state index < -0.39 is 26.6 Å². The zero-order chi connectivity index (χ0) is 32.2. The summed E-state index contributed by atoms with van der Waals surface area (Å²) in [5.41, 5.74) is 0. The summed E-state index contributed by atoms with van der Waals surface area (Å²) in [5, 5.41) is 13.6. The van der Waals surface area contributed by atoms with Crippen LogP contribution in [0.3, 0.4) is 0 Å². The maximum atomic E-state index is 12.7. The number of hydrogen-bond acceptors (Lipinski definition) is 6. The molecule has 3 atom stereocenters. The summed E-state index contributed by atoms with van der Waals surface area (Å²) in [6.07, 6.45) is 29.1. The minimum atomic E-state index is -4.58. The molecule has 0 aromatic rings. The molecular weight excluding hydrogens is 563 g/mol. The molecule has 0 rings (SSSR count). The van der Waals surface area contributed by atoms with Crippen molar-refractivity contribution >= 4 is 13.7 Å². The topological polar surface area (TPSA) is 108 Å². The van der Waals surface area contributed by atoms with Crippen molar-refractivity contribution in [2.75, 3.05) is 40.9 Å². The third-order valence-corrected chi connectivity index (χ3v) is 8.06. The summed E-state index contributed by atoms with van der Waals surface area (Å²) in [6, 6.07) is -0.901. The highest BCUT2D eigenvalue weighted by Gasteiger charge is 2.23. The van der Waals surface area contributed by atoms with Crippen molar-refractivity contribution in [3.05, 3.63) is 36.5 Å². The Morgan fingerprint density at radius 1 is 0.814 bits per heavy atom. The van der Waals surface area contributed by atoms with Gasteiger partial charge in [0.05, 0.1) is 39.9 Å². The van der Waals surface area contributed by atoms with Crippen molar-refractivity contribution in [2.24, 2.45) is 0 Å². The third-order valence-electron chi connectivity index (χ3n) is 7.09. The number of phosphoric ester groups is 1. The molecule has 0 saturated carbocycles. The number of carbonyl (C=O) groups is 1. The number of phosphoric acid groups is 1. The van der Waals surface area contributed by atoms with Crippen LogP contribution in [0.25, 0.3) is 0 Å². The summed E-state index contributed by atoms with van der Waals surface area (Å²) < 4.78 is 22.9. The summed E-state index contributed by atoms with van der Waals surface area (Å²) in [7, 11) is 1.23. The molecule has 0 aromatic heterocycles. The van der Waals surface area contributed by atoms with Crippen molar-refractivity contribution in [1.82, 2.24) is 5.32 Å².